The van der Waals surface area contributed by atoms with Crippen LogP contribution in [0.15, 0.2) is 18.2 Å². The van der Waals surface area contributed by atoms with E-state index in [-0.39, 0.29) is 17.3 Å². The van der Waals surface area contributed by atoms with Crippen molar-refractivity contribution in [2.24, 2.45) is 5.92 Å². The quantitative estimate of drug-likeness (QED) is 0.725. The molecule has 1 aliphatic heterocycles. The highest BCUT2D eigenvalue weighted by atomic mass is 19.1. The van der Waals surface area contributed by atoms with Crippen LogP contribution < -0.4 is 5.32 Å². The fourth-order valence-corrected chi connectivity index (χ4v) is 1.38. The molecule has 1 heterocycles. The molecule has 0 spiro atoms. The van der Waals surface area contributed by atoms with Crippen LogP contribution in [0.3, 0.4) is 0 Å². The summed E-state index contributed by atoms with van der Waals surface area (Å²) in [5.74, 6) is -1.75. The Morgan fingerprint density at radius 3 is 2.64 bits per heavy atom. The van der Waals surface area contributed by atoms with E-state index in [9.17, 15) is 13.6 Å². The zero-order valence-electron chi connectivity index (χ0n) is 7.39. The van der Waals surface area contributed by atoms with E-state index >= 15 is 0 Å². The van der Waals surface area contributed by atoms with E-state index in [0.29, 0.717) is 13.1 Å². The molecule has 2 nitrogen and oxygen atoms in total. The summed E-state index contributed by atoms with van der Waals surface area (Å²) < 4.78 is 25.9. The number of carbonyl (C=O) groups excluding carboxylic acids is 1. The lowest BCUT2D eigenvalue weighted by atomic mass is 9.92. The molecule has 14 heavy (non-hydrogen) atoms. The van der Waals surface area contributed by atoms with Crippen molar-refractivity contribution in [2.75, 3.05) is 13.1 Å². The van der Waals surface area contributed by atoms with Crippen molar-refractivity contribution in [3.05, 3.63) is 35.4 Å². The number of nitrogens with one attached hydrogen (secondary N) is 1. The number of hydrogen-bond donors (Lipinski definition) is 1. The molecule has 1 saturated heterocycles. The first-order chi connectivity index (χ1) is 6.68. The maximum absolute atomic E-state index is 13.1. The maximum atomic E-state index is 13.1. The van der Waals surface area contributed by atoms with Gasteiger partial charge in [0.25, 0.3) is 0 Å². The van der Waals surface area contributed by atoms with E-state index in [4.69, 9.17) is 0 Å². The van der Waals surface area contributed by atoms with Crippen LogP contribution >= 0.6 is 0 Å². The Morgan fingerprint density at radius 1 is 1.36 bits per heavy atom. The van der Waals surface area contributed by atoms with Gasteiger partial charge in [-0.2, -0.15) is 0 Å². The molecule has 0 aromatic heterocycles. The van der Waals surface area contributed by atoms with E-state index in [1.54, 1.807) is 0 Å². The normalized spacial score (nSPS) is 16.4. The first-order valence-electron chi connectivity index (χ1n) is 4.38. The Bertz CT molecular complexity index is 374. The number of halogens is 2. The molecule has 1 fully saturated rings. The lowest BCUT2D eigenvalue weighted by Crippen LogP contribution is -2.46. The first-order valence-corrected chi connectivity index (χ1v) is 4.38. The van der Waals surface area contributed by atoms with E-state index in [1.165, 1.54) is 0 Å². The summed E-state index contributed by atoms with van der Waals surface area (Å²) >= 11 is 0. The third kappa shape index (κ3) is 1.53. The van der Waals surface area contributed by atoms with Crippen molar-refractivity contribution >= 4 is 5.78 Å². The van der Waals surface area contributed by atoms with Gasteiger partial charge in [0, 0.05) is 19.0 Å². The monoisotopic (exact) mass is 197 g/mol. The van der Waals surface area contributed by atoms with Gasteiger partial charge in [-0.25, -0.2) is 8.78 Å². The van der Waals surface area contributed by atoms with Gasteiger partial charge in [0.2, 0.25) is 0 Å². The molecule has 1 N–H and O–H groups in total. The minimum absolute atomic E-state index is 0.142. The second-order valence-electron chi connectivity index (χ2n) is 3.34. The molecule has 2 rings (SSSR count). The Labute approximate surface area is 79.9 Å². The largest absolute Gasteiger partial charge is 0.315 e. The predicted octanol–water partition coefficient (Wildman–Crippen LogP) is 1.37. The summed E-state index contributed by atoms with van der Waals surface area (Å²) in [7, 11) is 0. The van der Waals surface area contributed by atoms with Crippen LogP contribution in [0, 0.1) is 17.6 Å². The van der Waals surface area contributed by atoms with Gasteiger partial charge in [0.05, 0.1) is 5.56 Å². The molecule has 4 heteroatoms. The fraction of sp³-hybridized carbons (Fsp3) is 0.300. The van der Waals surface area contributed by atoms with Gasteiger partial charge in [-0.1, -0.05) is 0 Å². The zero-order chi connectivity index (χ0) is 10.1. The third-order valence-electron chi connectivity index (χ3n) is 2.35. The summed E-state index contributed by atoms with van der Waals surface area (Å²) in [5.41, 5.74) is -0.142. The highest BCUT2D eigenvalue weighted by Gasteiger charge is 2.27. The number of benzene rings is 1. The van der Waals surface area contributed by atoms with Gasteiger partial charge in [0.1, 0.15) is 11.6 Å². The molecular formula is C10H9F2NO. The lowest BCUT2D eigenvalue weighted by Gasteiger charge is -2.25. The molecule has 0 radical (unpaired) electrons. The van der Waals surface area contributed by atoms with Crippen molar-refractivity contribution in [3.63, 3.8) is 0 Å². The van der Waals surface area contributed by atoms with Crippen LogP contribution in [-0.2, 0) is 0 Å². The van der Waals surface area contributed by atoms with E-state index < -0.39 is 11.6 Å². The number of carbonyl (C=O) groups is 1. The van der Waals surface area contributed by atoms with Gasteiger partial charge in [0.15, 0.2) is 5.78 Å². The lowest BCUT2D eigenvalue weighted by molar-refractivity contribution is 0.0873. The molecule has 1 aromatic rings. The van der Waals surface area contributed by atoms with E-state index in [0.717, 1.165) is 18.2 Å². The molecule has 1 aromatic carbocycles. The van der Waals surface area contributed by atoms with Crippen molar-refractivity contribution < 1.29 is 13.6 Å². The molecule has 74 valence electrons. The molecule has 0 amide bonds. The first kappa shape index (κ1) is 9.27. The zero-order valence-corrected chi connectivity index (χ0v) is 7.39. The highest BCUT2D eigenvalue weighted by Crippen LogP contribution is 2.16. The van der Waals surface area contributed by atoms with Crippen LogP contribution in [0.4, 0.5) is 8.78 Å². The molecule has 0 unspecified atom stereocenters. The van der Waals surface area contributed by atoms with Crippen LogP contribution in [0.25, 0.3) is 0 Å². The second kappa shape index (κ2) is 3.46. The van der Waals surface area contributed by atoms with E-state index in [2.05, 4.69) is 5.32 Å². The summed E-state index contributed by atoms with van der Waals surface area (Å²) in [4.78, 5) is 11.6. The number of ketones is 1. The van der Waals surface area contributed by atoms with Gasteiger partial charge in [-0.3, -0.25) is 4.79 Å². The average molecular weight is 197 g/mol. The van der Waals surface area contributed by atoms with E-state index in [1.807, 2.05) is 0 Å². The summed E-state index contributed by atoms with van der Waals surface area (Å²) in [6, 6.07) is 2.94. The highest BCUT2D eigenvalue weighted by molar-refractivity contribution is 5.98. The molecule has 0 saturated carbocycles. The molecule has 0 atom stereocenters. The van der Waals surface area contributed by atoms with Crippen molar-refractivity contribution in [1.82, 2.24) is 5.32 Å². The minimum atomic E-state index is -0.650. The Morgan fingerprint density at radius 2 is 2.07 bits per heavy atom. The third-order valence-corrected chi connectivity index (χ3v) is 2.35. The fourth-order valence-electron chi connectivity index (χ4n) is 1.38. The summed E-state index contributed by atoms with van der Waals surface area (Å²) in [6.45, 7) is 1.10. The standard InChI is InChI=1S/C10H9F2NO/c11-7-1-2-9(12)8(3-7)10(14)6-4-13-5-6/h1-3,6,13H,4-5H2. The van der Waals surface area contributed by atoms with Gasteiger partial charge in [-0.15, -0.1) is 0 Å². The Kier molecular flexibility index (Phi) is 2.29. The van der Waals surface area contributed by atoms with Crippen LogP contribution in [0.2, 0.25) is 0 Å². The maximum Gasteiger partial charge on any atom is 0.171 e. The predicted molar refractivity (Wildman–Crippen MR) is 47.0 cm³/mol. The van der Waals surface area contributed by atoms with Crippen molar-refractivity contribution in [1.29, 1.82) is 0 Å². The van der Waals surface area contributed by atoms with Crippen LogP contribution in [-0.4, -0.2) is 18.9 Å². The van der Waals surface area contributed by atoms with Crippen LogP contribution in [0.5, 0.6) is 0 Å². The van der Waals surface area contributed by atoms with Crippen molar-refractivity contribution in [3.8, 4) is 0 Å². The SMILES string of the molecule is O=C(c1cc(F)ccc1F)C1CNC1. The van der Waals surface area contributed by atoms with Gasteiger partial charge in [-0.05, 0) is 18.2 Å². The summed E-state index contributed by atoms with van der Waals surface area (Å²) in [5, 5.41) is 2.91. The van der Waals surface area contributed by atoms with Gasteiger partial charge < -0.3 is 5.32 Å². The average Bonchev–Trinajstić information content (AvgIpc) is 2.06. The topological polar surface area (TPSA) is 29.1 Å². The second-order valence-corrected chi connectivity index (χ2v) is 3.34. The molecular weight excluding hydrogens is 188 g/mol. The number of Topliss-reactive ketones (excluding diaryl/α,β-unsaturated/α-hetero) is 1. The number of rotatable bonds is 2. The van der Waals surface area contributed by atoms with Crippen molar-refractivity contribution in [2.45, 2.75) is 0 Å². The summed E-state index contributed by atoms with van der Waals surface area (Å²) in [6.07, 6.45) is 0. The van der Waals surface area contributed by atoms with Crippen LogP contribution in [0.1, 0.15) is 10.4 Å². The number of hydrogen-bond acceptors (Lipinski definition) is 2. The molecule has 0 aliphatic carbocycles. The Hall–Kier alpha value is -1.29. The Balaban J connectivity index is 2.29. The minimum Gasteiger partial charge on any atom is -0.315 e. The smallest absolute Gasteiger partial charge is 0.171 e. The molecule has 0 bridgehead atoms. The van der Waals surface area contributed by atoms with Gasteiger partial charge >= 0.3 is 0 Å². The molecule has 1 aliphatic rings.